The molecule has 0 radical (unpaired) electrons. The van der Waals surface area contributed by atoms with Crippen LogP contribution in [0.1, 0.15) is 0 Å². The summed E-state index contributed by atoms with van der Waals surface area (Å²) >= 11 is 0.671. The van der Waals surface area contributed by atoms with Crippen LogP contribution >= 0.6 is 11.8 Å². The summed E-state index contributed by atoms with van der Waals surface area (Å²) in [7, 11) is 0. The summed E-state index contributed by atoms with van der Waals surface area (Å²) in [6, 6.07) is 7.58. The Morgan fingerprint density at radius 3 is 2.33 bits per heavy atom. The molecule has 0 aliphatic rings. The van der Waals surface area contributed by atoms with E-state index in [-0.39, 0.29) is 5.03 Å². The molecule has 0 saturated carbocycles. The maximum Gasteiger partial charge on any atom is 0.198 e. The fourth-order valence-corrected chi connectivity index (χ4v) is 2.54. The summed E-state index contributed by atoms with van der Waals surface area (Å²) in [5.41, 5.74) is 1.20. The van der Waals surface area contributed by atoms with E-state index >= 15 is 0 Å². The van der Waals surface area contributed by atoms with E-state index in [1.807, 2.05) is 0 Å². The summed E-state index contributed by atoms with van der Waals surface area (Å²) in [4.78, 5) is 7.90. The van der Waals surface area contributed by atoms with Crippen LogP contribution in [0.5, 0.6) is 0 Å². The Kier molecular flexibility index (Phi) is 3.50. The van der Waals surface area contributed by atoms with Crippen LogP contribution in [-0.2, 0) is 0 Å². The van der Waals surface area contributed by atoms with Crippen LogP contribution in [0.3, 0.4) is 0 Å². The van der Waals surface area contributed by atoms with Gasteiger partial charge in [-0.2, -0.15) is 0 Å². The fourth-order valence-electron chi connectivity index (χ4n) is 1.73. The number of aromatic nitrogens is 2. The molecule has 0 N–H and O–H groups in total. The SMILES string of the molecule is Fc1cc(Sc2cnc3ccccc3n2)c(F)c(F)c1F. The molecule has 0 unspecified atom stereocenters. The first kappa shape index (κ1) is 13.8. The van der Waals surface area contributed by atoms with Gasteiger partial charge in [0.15, 0.2) is 23.3 Å². The summed E-state index contributed by atoms with van der Waals surface area (Å²) in [6.45, 7) is 0. The number of halogens is 4. The minimum atomic E-state index is -1.84. The highest BCUT2D eigenvalue weighted by Crippen LogP contribution is 2.32. The van der Waals surface area contributed by atoms with Crippen LogP contribution in [0.4, 0.5) is 17.6 Å². The molecule has 0 aliphatic carbocycles. The van der Waals surface area contributed by atoms with Gasteiger partial charge in [0.05, 0.1) is 22.1 Å². The fraction of sp³-hybridized carbons (Fsp3) is 0. The Morgan fingerprint density at radius 2 is 1.57 bits per heavy atom. The minimum absolute atomic E-state index is 0.248. The van der Waals surface area contributed by atoms with Crippen molar-refractivity contribution in [3.63, 3.8) is 0 Å². The lowest BCUT2D eigenvalue weighted by Crippen LogP contribution is -1.98. The zero-order chi connectivity index (χ0) is 15.0. The predicted molar refractivity (Wildman–Crippen MR) is 69.9 cm³/mol. The molecule has 2 nitrogen and oxygen atoms in total. The first-order chi connectivity index (χ1) is 10.1. The molecular weight excluding hydrogens is 304 g/mol. The first-order valence-electron chi connectivity index (χ1n) is 5.79. The lowest BCUT2D eigenvalue weighted by atomic mass is 10.3. The van der Waals surface area contributed by atoms with E-state index < -0.39 is 28.2 Å². The van der Waals surface area contributed by atoms with Crippen molar-refractivity contribution in [3.05, 3.63) is 59.8 Å². The normalized spacial score (nSPS) is 11.0. The van der Waals surface area contributed by atoms with Gasteiger partial charge in [-0.3, -0.25) is 4.98 Å². The second-order valence-electron chi connectivity index (χ2n) is 4.10. The van der Waals surface area contributed by atoms with Gasteiger partial charge in [-0.1, -0.05) is 23.9 Å². The van der Waals surface area contributed by atoms with Gasteiger partial charge in [-0.05, 0) is 18.2 Å². The second kappa shape index (κ2) is 5.33. The largest absolute Gasteiger partial charge is 0.252 e. The average Bonchev–Trinajstić information content (AvgIpc) is 2.50. The number of hydrogen-bond acceptors (Lipinski definition) is 3. The lowest BCUT2D eigenvalue weighted by Gasteiger charge is -2.05. The van der Waals surface area contributed by atoms with Crippen LogP contribution in [0.15, 0.2) is 46.5 Å². The molecule has 0 aliphatic heterocycles. The predicted octanol–water partition coefficient (Wildman–Crippen LogP) is 4.34. The molecule has 3 rings (SSSR count). The molecule has 106 valence electrons. The van der Waals surface area contributed by atoms with E-state index in [0.29, 0.717) is 28.9 Å². The van der Waals surface area contributed by atoms with Crippen molar-refractivity contribution in [2.75, 3.05) is 0 Å². The van der Waals surface area contributed by atoms with Gasteiger partial charge < -0.3 is 0 Å². The van der Waals surface area contributed by atoms with E-state index in [0.717, 1.165) is 0 Å². The van der Waals surface area contributed by atoms with E-state index in [1.54, 1.807) is 24.3 Å². The van der Waals surface area contributed by atoms with E-state index in [4.69, 9.17) is 0 Å². The van der Waals surface area contributed by atoms with Gasteiger partial charge in [0.1, 0.15) is 5.03 Å². The van der Waals surface area contributed by atoms with Gasteiger partial charge in [0, 0.05) is 0 Å². The van der Waals surface area contributed by atoms with E-state index in [1.165, 1.54) is 6.20 Å². The number of nitrogens with zero attached hydrogens (tertiary/aromatic N) is 2. The van der Waals surface area contributed by atoms with E-state index in [2.05, 4.69) is 9.97 Å². The smallest absolute Gasteiger partial charge is 0.198 e. The zero-order valence-electron chi connectivity index (χ0n) is 10.3. The quantitative estimate of drug-likeness (QED) is 0.400. The summed E-state index contributed by atoms with van der Waals surface area (Å²) in [5, 5.41) is 0.248. The summed E-state index contributed by atoms with van der Waals surface area (Å²) in [6.07, 6.45) is 1.35. The number of rotatable bonds is 2. The minimum Gasteiger partial charge on any atom is -0.252 e. The first-order valence-corrected chi connectivity index (χ1v) is 6.60. The molecule has 0 atom stereocenters. The Morgan fingerprint density at radius 1 is 0.857 bits per heavy atom. The van der Waals surface area contributed by atoms with Crippen molar-refractivity contribution in [2.45, 2.75) is 9.92 Å². The maximum absolute atomic E-state index is 13.6. The lowest BCUT2D eigenvalue weighted by molar-refractivity contribution is 0.398. The Balaban J connectivity index is 2.02. The molecule has 1 heterocycles. The molecular formula is C14H6F4N2S. The molecule has 0 fully saturated rings. The van der Waals surface area contributed by atoms with Gasteiger partial charge in [0.25, 0.3) is 0 Å². The molecule has 3 aromatic rings. The Labute approximate surface area is 120 Å². The van der Waals surface area contributed by atoms with E-state index in [9.17, 15) is 17.6 Å². The van der Waals surface area contributed by atoms with Crippen molar-refractivity contribution in [2.24, 2.45) is 0 Å². The highest BCUT2D eigenvalue weighted by molar-refractivity contribution is 7.99. The van der Waals surface area contributed by atoms with Gasteiger partial charge >= 0.3 is 0 Å². The molecule has 21 heavy (non-hydrogen) atoms. The van der Waals surface area contributed by atoms with Crippen molar-refractivity contribution in [3.8, 4) is 0 Å². The monoisotopic (exact) mass is 310 g/mol. The van der Waals surface area contributed by atoms with Crippen LogP contribution in [0, 0.1) is 23.3 Å². The van der Waals surface area contributed by atoms with Crippen molar-refractivity contribution in [1.82, 2.24) is 9.97 Å². The third-order valence-electron chi connectivity index (χ3n) is 2.71. The molecule has 0 spiro atoms. The van der Waals surface area contributed by atoms with Crippen molar-refractivity contribution < 1.29 is 17.6 Å². The van der Waals surface area contributed by atoms with Crippen LogP contribution in [0.25, 0.3) is 11.0 Å². The molecule has 0 amide bonds. The van der Waals surface area contributed by atoms with Crippen LogP contribution in [0.2, 0.25) is 0 Å². The van der Waals surface area contributed by atoms with Gasteiger partial charge in [-0.15, -0.1) is 0 Å². The molecule has 1 aromatic heterocycles. The van der Waals surface area contributed by atoms with Gasteiger partial charge in [-0.25, -0.2) is 22.5 Å². The highest BCUT2D eigenvalue weighted by atomic mass is 32.2. The van der Waals surface area contributed by atoms with Crippen molar-refractivity contribution >= 4 is 22.8 Å². The number of para-hydroxylation sites is 2. The number of hydrogen-bond donors (Lipinski definition) is 0. The zero-order valence-corrected chi connectivity index (χ0v) is 11.1. The molecule has 0 bridgehead atoms. The molecule has 2 aromatic carbocycles. The van der Waals surface area contributed by atoms with Crippen LogP contribution < -0.4 is 0 Å². The average molecular weight is 310 g/mol. The van der Waals surface area contributed by atoms with Crippen LogP contribution in [-0.4, -0.2) is 9.97 Å². The molecule has 7 heteroatoms. The standard InChI is InChI=1S/C14H6F4N2S/c15-7-5-10(13(17)14(18)12(7)16)21-11-6-19-8-3-1-2-4-9(8)20-11/h1-6H. The maximum atomic E-state index is 13.6. The third kappa shape index (κ3) is 2.56. The Hall–Kier alpha value is -2.15. The molecule has 0 saturated heterocycles. The highest BCUT2D eigenvalue weighted by Gasteiger charge is 2.19. The summed E-state index contributed by atoms with van der Waals surface area (Å²) in [5.74, 6) is -6.58. The third-order valence-corrected chi connectivity index (χ3v) is 3.63. The van der Waals surface area contributed by atoms with Gasteiger partial charge in [0.2, 0.25) is 0 Å². The Bertz CT molecular complexity index is 839. The topological polar surface area (TPSA) is 25.8 Å². The number of fused-ring (bicyclic) bond motifs is 1. The van der Waals surface area contributed by atoms with Crippen molar-refractivity contribution in [1.29, 1.82) is 0 Å². The second-order valence-corrected chi connectivity index (χ2v) is 5.16. The number of benzene rings is 2. The summed E-state index contributed by atoms with van der Waals surface area (Å²) < 4.78 is 52.8.